The van der Waals surface area contributed by atoms with E-state index in [2.05, 4.69) is 10.3 Å². The van der Waals surface area contributed by atoms with Gasteiger partial charge in [-0.15, -0.1) is 11.3 Å². The number of sulfone groups is 1. The number of aliphatic hydroxyl groups is 1. The predicted molar refractivity (Wildman–Crippen MR) is 135 cm³/mol. The van der Waals surface area contributed by atoms with Crippen molar-refractivity contribution in [2.75, 3.05) is 12.4 Å². The largest absolute Gasteiger partial charge is 0.416 e. The first-order valence-electron chi connectivity index (χ1n) is 11.3. The van der Waals surface area contributed by atoms with Crippen molar-refractivity contribution in [1.29, 1.82) is 0 Å². The number of aliphatic hydroxyl groups excluding tert-OH is 1. The Labute approximate surface area is 215 Å². The lowest BCUT2D eigenvalue weighted by Crippen LogP contribution is -2.30. The number of halogens is 3. The first-order chi connectivity index (χ1) is 17.5. The highest BCUT2D eigenvalue weighted by molar-refractivity contribution is 7.91. The van der Waals surface area contributed by atoms with Crippen LogP contribution in [0.25, 0.3) is 10.2 Å². The van der Waals surface area contributed by atoms with E-state index in [1.807, 2.05) is 0 Å². The van der Waals surface area contributed by atoms with Crippen LogP contribution in [0.15, 0.2) is 71.6 Å². The summed E-state index contributed by atoms with van der Waals surface area (Å²) in [5.41, 5.74) is 1.26. The summed E-state index contributed by atoms with van der Waals surface area (Å²) in [5, 5.41) is 13.2. The number of carbonyl (C=O) groups is 1. The van der Waals surface area contributed by atoms with Gasteiger partial charge in [0, 0.05) is 12.0 Å². The lowest BCUT2D eigenvalue weighted by atomic mass is 10.1. The van der Waals surface area contributed by atoms with Gasteiger partial charge in [0.25, 0.3) is 5.91 Å². The van der Waals surface area contributed by atoms with Gasteiger partial charge in [-0.05, 0) is 47.5 Å². The summed E-state index contributed by atoms with van der Waals surface area (Å²) >= 11 is 1.29. The molecule has 0 aliphatic heterocycles. The predicted octanol–water partition coefficient (Wildman–Crippen LogP) is 5.16. The minimum atomic E-state index is -4.42. The number of thiazole rings is 1. The van der Waals surface area contributed by atoms with Crippen LogP contribution in [-0.2, 0) is 22.4 Å². The lowest BCUT2D eigenvalue weighted by molar-refractivity contribution is -0.137. The maximum absolute atomic E-state index is 13.0. The number of amides is 1. The molecule has 4 aromatic rings. The molecule has 0 saturated heterocycles. The minimum Gasteiger partial charge on any atom is -0.394 e. The van der Waals surface area contributed by atoms with Crippen LogP contribution < -0.4 is 5.32 Å². The number of nitrogens with one attached hydrogen (secondary N) is 1. The van der Waals surface area contributed by atoms with Gasteiger partial charge in [0.1, 0.15) is 0 Å². The molecule has 0 bridgehead atoms. The van der Waals surface area contributed by atoms with Gasteiger partial charge in [-0.1, -0.05) is 37.3 Å². The van der Waals surface area contributed by atoms with Crippen LogP contribution in [0.4, 0.5) is 13.2 Å². The summed E-state index contributed by atoms with van der Waals surface area (Å²) in [5.74, 6) is -0.479. The molecule has 0 aliphatic rings. The second-order valence-electron chi connectivity index (χ2n) is 8.35. The molecule has 1 heterocycles. The SMILES string of the molecule is CCS(=O)(=O)c1ccc([C@H](CO)NC(=O)c2ccc3nc(Cc4cccc(C(F)(F)F)c4)sc3c2)cc1. The molecule has 6 nitrogen and oxygen atoms in total. The fraction of sp³-hybridized carbons (Fsp3) is 0.231. The molecule has 1 aromatic heterocycles. The minimum absolute atomic E-state index is 0.0335. The second kappa shape index (κ2) is 10.6. The van der Waals surface area contributed by atoms with Crippen molar-refractivity contribution in [2.45, 2.75) is 30.5 Å². The number of benzene rings is 3. The molecule has 0 aliphatic carbocycles. The van der Waals surface area contributed by atoms with Crippen molar-refractivity contribution in [2.24, 2.45) is 0 Å². The zero-order chi connectivity index (χ0) is 26.8. The molecule has 11 heteroatoms. The molecule has 4 rings (SSSR count). The maximum atomic E-state index is 13.0. The number of carbonyl (C=O) groups excluding carboxylic acids is 1. The van der Waals surface area contributed by atoms with Crippen LogP contribution in [0, 0.1) is 0 Å². The van der Waals surface area contributed by atoms with E-state index in [1.54, 1.807) is 43.3 Å². The maximum Gasteiger partial charge on any atom is 0.416 e. The summed E-state index contributed by atoms with van der Waals surface area (Å²) in [6.45, 7) is 1.16. The third kappa shape index (κ3) is 6.17. The molecule has 0 radical (unpaired) electrons. The summed E-state index contributed by atoms with van der Waals surface area (Å²) < 4.78 is 63.7. The third-order valence-electron chi connectivity index (χ3n) is 5.81. The Hall–Kier alpha value is -3.28. The quantitative estimate of drug-likeness (QED) is 0.317. The zero-order valence-electron chi connectivity index (χ0n) is 19.6. The normalized spacial score (nSPS) is 13.0. The van der Waals surface area contributed by atoms with Crippen LogP contribution in [0.1, 0.15) is 45.0 Å². The van der Waals surface area contributed by atoms with Crippen LogP contribution in [0.3, 0.4) is 0 Å². The third-order valence-corrected chi connectivity index (χ3v) is 8.58. The molecular weight excluding hydrogens is 525 g/mol. The first kappa shape index (κ1) is 26.8. The van der Waals surface area contributed by atoms with Crippen LogP contribution in [0.5, 0.6) is 0 Å². The Morgan fingerprint density at radius 3 is 2.46 bits per heavy atom. The van der Waals surface area contributed by atoms with Crippen LogP contribution in [0.2, 0.25) is 0 Å². The van der Waals surface area contributed by atoms with E-state index in [1.165, 1.54) is 29.5 Å². The average Bonchev–Trinajstić information content (AvgIpc) is 3.28. The highest BCUT2D eigenvalue weighted by Gasteiger charge is 2.30. The Bertz CT molecular complexity index is 1530. The Balaban J connectivity index is 1.50. The smallest absolute Gasteiger partial charge is 0.394 e. The Kier molecular flexibility index (Phi) is 7.67. The van der Waals surface area contributed by atoms with Gasteiger partial charge in [-0.25, -0.2) is 13.4 Å². The van der Waals surface area contributed by atoms with E-state index in [9.17, 15) is 31.5 Å². The topological polar surface area (TPSA) is 96.4 Å². The number of hydrogen-bond donors (Lipinski definition) is 2. The molecule has 0 spiro atoms. The molecule has 0 unspecified atom stereocenters. The Morgan fingerprint density at radius 1 is 1.08 bits per heavy atom. The van der Waals surface area contributed by atoms with Crippen molar-refractivity contribution in [3.05, 3.63) is 94.0 Å². The van der Waals surface area contributed by atoms with E-state index < -0.39 is 40.1 Å². The Morgan fingerprint density at radius 2 is 1.81 bits per heavy atom. The lowest BCUT2D eigenvalue weighted by Gasteiger charge is -2.17. The molecule has 0 fully saturated rings. The summed E-state index contributed by atoms with van der Waals surface area (Å²) in [6.07, 6.45) is -4.20. The van der Waals surface area contributed by atoms with Gasteiger partial charge in [0.15, 0.2) is 9.84 Å². The van der Waals surface area contributed by atoms with E-state index in [4.69, 9.17) is 0 Å². The molecular formula is C26H23F3N2O4S2. The highest BCUT2D eigenvalue weighted by atomic mass is 32.2. The van der Waals surface area contributed by atoms with Crippen molar-refractivity contribution < 1.29 is 31.5 Å². The summed E-state index contributed by atoms with van der Waals surface area (Å²) in [4.78, 5) is 17.5. The monoisotopic (exact) mass is 548 g/mol. The van der Waals surface area contributed by atoms with Gasteiger partial charge in [0.05, 0.1) is 44.1 Å². The van der Waals surface area contributed by atoms with Gasteiger partial charge >= 0.3 is 6.18 Å². The van der Waals surface area contributed by atoms with E-state index in [0.717, 1.165) is 12.1 Å². The van der Waals surface area contributed by atoms with Gasteiger partial charge in [-0.3, -0.25) is 4.79 Å². The zero-order valence-corrected chi connectivity index (χ0v) is 21.3. The van der Waals surface area contributed by atoms with E-state index in [-0.39, 0.29) is 17.1 Å². The summed E-state index contributed by atoms with van der Waals surface area (Å²) in [6, 6.07) is 15.2. The molecule has 3 aromatic carbocycles. The molecule has 0 saturated carbocycles. The van der Waals surface area contributed by atoms with E-state index >= 15 is 0 Å². The molecule has 37 heavy (non-hydrogen) atoms. The number of rotatable bonds is 8. The molecule has 1 amide bonds. The van der Waals surface area contributed by atoms with Crippen molar-refractivity contribution in [3.8, 4) is 0 Å². The first-order valence-corrected chi connectivity index (χ1v) is 13.8. The molecule has 2 N–H and O–H groups in total. The van der Waals surface area contributed by atoms with Crippen molar-refractivity contribution >= 4 is 37.3 Å². The summed E-state index contributed by atoms with van der Waals surface area (Å²) in [7, 11) is -3.37. The van der Waals surface area contributed by atoms with Gasteiger partial charge in [-0.2, -0.15) is 13.2 Å². The number of aromatic nitrogens is 1. The number of nitrogens with zero attached hydrogens (tertiary/aromatic N) is 1. The fourth-order valence-electron chi connectivity index (χ4n) is 3.77. The number of fused-ring (bicyclic) bond motifs is 1. The second-order valence-corrected chi connectivity index (χ2v) is 11.7. The highest BCUT2D eigenvalue weighted by Crippen LogP contribution is 2.31. The molecule has 194 valence electrons. The van der Waals surface area contributed by atoms with Crippen LogP contribution in [-0.4, -0.2) is 36.8 Å². The van der Waals surface area contributed by atoms with E-state index in [0.29, 0.717) is 31.9 Å². The standard InChI is InChI=1S/C26H23F3N2O4S2/c1-2-37(34,35)20-9-6-17(7-10-20)22(15-32)31-25(33)18-8-11-21-23(14-18)36-24(30-21)13-16-4-3-5-19(12-16)26(27,28)29/h3-12,14,22,32H,2,13,15H2,1H3,(H,31,33)/t22-/m0/s1. The molecule has 1 atom stereocenters. The number of hydrogen-bond acceptors (Lipinski definition) is 6. The van der Waals surface area contributed by atoms with Crippen molar-refractivity contribution in [3.63, 3.8) is 0 Å². The number of alkyl halides is 3. The van der Waals surface area contributed by atoms with Crippen molar-refractivity contribution in [1.82, 2.24) is 10.3 Å². The average molecular weight is 549 g/mol. The fourth-order valence-corrected chi connectivity index (χ4v) is 5.70. The van der Waals surface area contributed by atoms with Gasteiger partial charge < -0.3 is 10.4 Å². The van der Waals surface area contributed by atoms with Crippen LogP contribution >= 0.6 is 11.3 Å². The van der Waals surface area contributed by atoms with Gasteiger partial charge in [0.2, 0.25) is 0 Å².